The van der Waals surface area contributed by atoms with Crippen LogP contribution in [0.1, 0.15) is 6.42 Å². The maximum Gasteiger partial charge on any atom is 0.150 e. The van der Waals surface area contributed by atoms with Gasteiger partial charge in [0.25, 0.3) is 0 Å². The average Bonchev–Trinajstić information content (AvgIpc) is 2.29. The van der Waals surface area contributed by atoms with Gasteiger partial charge in [-0.2, -0.15) is 0 Å². The Labute approximate surface area is 106 Å². The lowest BCUT2D eigenvalue weighted by Crippen LogP contribution is -2.30. The van der Waals surface area contributed by atoms with Crippen LogP contribution in [0.25, 0.3) is 0 Å². The molecule has 2 rings (SSSR count). The van der Waals surface area contributed by atoms with E-state index >= 15 is 0 Å². The SMILES string of the molecule is Fc1cc(Br)cc(F)c1NCC1CCOCO1. The number of benzene rings is 1. The summed E-state index contributed by atoms with van der Waals surface area (Å²) in [7, 11) is 0. The predicted octanol–water partition coefficient (Wildman–Crippen LogP) is 2.90. The zero-order valence-corrected chi connectivity index (χ0v) is 10.6. The predicted molar refractivity (Wildman–Crippen MR) is 62.9 cm³/mol. The zero-order valence-electron chi connectivity index (χ0n) is 9.01. The van der Waals surface area contributed by atoms with Crippen molar-refractivity contribution in [3.05, 3.63) is 28.2 Å². The highest BCUT2D eigenvalue weighted by atomic mass is 79.9. The van der Waals surface area contributed by atoms with Gasteiger partial charge in [-0.25, -0.2) is 8.78 Å². The van der Waals surface area contributed by atoms with Gasteiger partial charge < -0.3 is 14.8 Å². The molecule has 0 bridgehead atoms. The molecular formula is C11H12BrF2NO2. The molecule has 0 amide bonds. The number of anilines is 1. The summed E-state index contributed by atoms with van der Waals surface area (Å²) in [6.07, 6.45) is 0.637. The molecule has 0 radical (unpaired) electrons. The molecule has 3 nitrogen and oxygen atoms in total. The number of nitrogens with one attached hydrogen (secondary N) is 1. The molecule has 0 spiro atoms. The lowest BCUT2D eigenvalue weighted by atomic mass is 10.2. The van der Waals surface area contributed by atoms with Crippen molar-refractivity contribution in [2.75, 3.05) is 25.3 Å². The van der Waals surface area contributed by atoms with Gasteiger partial charge in [-0.15, -0.1) is 0 Å². The molecule has 1 aromatic carbocycles. The van der Waals surface area contributed by atoms with Crippen LogP contribution in [-0.2, 0) is 9.47 Å². The maximum atomic E-state index is 13.5. The summed E-state index contributed by atoms with van der Waals surface area (Å²) in [5.41, 5.74) is -0.122. The van der Waals surface area contributed by atoms with Crippen LogP contribution in [0.4, 0.5) is 14.5 Å². The second-order valence-electron chi connectivity index (χ2n) is 3.73. The van der Waals surface area contributed by atoms with Crippen molar-refractivity contribution in [1.29, 1.82) is 0 Å². The molecule has 1 atom stereocenters. The Balaban J connectivity index is 1.98. The van der Waals surface area contributed by atoms with Crippen LogP contribution in [0.15, 0.2) is 16.6 Å². The van der Waals surface area contributed by atoms with Gasteiger partial charge in [0.15, 0.2) is 0 Å². The smallest absolute Gasteiger partial charge is 0.150 e. The Morgan fingerprint density at radius 3 is 2.65 bits per heavy atom. The van der Waals surface area contributed by atoms with E-state index in [0.29, 0.717) is 24.0 Å². The van der Waals surface area contributed by atoms with Gasteiger partial charge in [-0.05, 0) is 18.6 Å². The van der Waals surface area contributed by atoms with Gasteiger partial charge in [0.05, 0.1) is 12.7 Å². The molecule has 1 heterocycles. The second-order valence-corrected chi connectivity index (χ2v) is 4.64. The van der Waals surface area contributed by atoms with Crippen molar-refractivity contribution in [3.63, 3.8) is 0 Å². The highest BCUT2D eigenvalue weighted by Crippen LogP contribution is 2.24. The first-order valence-corrected chi connectivity index (χ1v) is 6.04. The summed E-state index contributed by atoms with van der Waals surface area (Å²) < 4.78 is 37.6. The van der Waals surface area contributed by atoms with Gasteiger partial charge in [0, 0.05) is 11.0 Å². The minimum Gasteiger partial charge on any atom is -0.378 e. The Hall–Kier alpha value is -0.720. The molecule has 94 valence electrons. The topological polar surface area (TPSA) is 30.5 Å². The Morgan fingerprint density at radius 1 is 1.35 bits per heavy atom. The first-order chi connectivity index (χ1) is 8.16. The number of ether oxygens (including phenoxy) is 2. The number of hydrogen-bond acceptors (Lipinski definition) is 3. The molecular weight excluding hydrogens is 296 g/mol. The third-order valence-electron chi connectivity index (χ3n) is 2.48. The summed E-state index contributed by atoms with van der Waals surface area (Å²) in [5, 5.41) is 2.73. The van der Waals surface area contributed by atoms with E-state index in [4.69, 9.17) is 9.47 Å². The molecule has 1 unspecified atom stereocenters. The van der Waals surface area contributed by atoms with E-state index in [1.54, 1.807) is 0 Å². The minimum atomic E-state index is -0.621. The average molecular weight is 308 g/mol. The Kier molecular flexibility index (Phi) is 4.31. The van der Waals surface area contributed by atoms with Crippen LogP contribution in [-0.4, -0.2) is 26.0 Å². The van der Waals surface area contributed by atoms with E-state index in [1.807, 2.05) is 0 Å². The first kappa shape index (κ1) is 12.7. The van der Waals surface area contributed by atoms with Crippen molar-refractivity contribution in [2.45, 2.75) is 12.5 Å². The van der Waals surface area contributed by atoms with Crippen molar-refractivity contribution < 1.29 is 18.3 Å². The summed E-state index contributed by atoms with van der Waals surface area (Å²) in [4.78, 5) is 0. The second kappa shape index (κ2) is 5.75. The molecule has 1 saturated heterocycles. The van der Waals surface area contributed by atoms with Crippen molar-refractivity contribution >= 4 is 21.6 Å². The molecule has 6 heteroatoms. The van der Waals surface area contributed by atoms with E-state index in [1.165, 1.54) is 12.1 Å². The number of hydrogen-bond donors (Lipinski definition) is 1. The maximum absolute atomic E-state index is 13.5. The van der Waals surface area contributed by atoms with Crippen molar-refractivity contribution in [1.82, 2.24) is 0 Å². The summed E-state index contributed by atoms with van der Waals surface area (Å²) in [5.74, 6) is -1.24. The Morgan fingerprint density at radius 2 is 2.06 bits per heavy atom. The van der Waals surface area contributed by atoms with Crippen LogP contribution < -0.4 is 5.32 Å². The minimum absolute atomic E-state index is 0.0776. The van der Waals surface area contributed by atoms with Gasteiger partial charge >= 0.3 is 0 Å². The third kappa shape index (κ3) is 3.37. The number of rotatable bonds is 3. The van der Waals surface area contributed by atoms with Gasteiger partial charge in [0.2, 0.25) is 0 Å². The van der Waals surface area contributed by atoms with Gasteiger partial charge in [-0.1, -0.05) is 15.9 Å². The Bertz CT molecular complexity index is 374. The van der Waals surface area contributed by atoms with Gasteiger partial charge in [-0.3, -0.25) is 0 Å². The quantitative estimate of drug-likeness (QED) is 0.931. The van der Waals surface area contributed by atoms with Crippen molar-refractivity contribution in [3.8, 4) is 0 Å². The van der Waals surface area contributed by atoms with Crippen LogP contribution >= 0.6 is 15.9 Å². The normalized spacial score (nSPS) is 20.3. The van der Waals surface area contributed by atoms with E-state index in [0.717, 1.165) is 0 Å². The lowest BCUT2D eigenvalue weighted by Gasteiger charge is -2.23. The molecule has 17 heavy (non-hydrogen) atoms. The van der Waals surface area contributed by atoms with Crippen LogP contribution in [0.2, 0.25) is 0 Å². The summed E-state index contributed by atoms with van der Waals surface area (Å²) >= 11 is 3.03. The molecule has 0 aliphatic carbocycles. The standard InChI is InChI=1S/C11H12BrF2NO2/c12-7-3-9(13)11(10(14)4-7)15-5-8-1-2-16-6-17-8/h3-4,8,15H,1-2,5-6H2. The highest BCUT2D eigenvalue weighted by Gasteiger charge is 2.16. The number of halogens is 3. The fraction of sp³-hybridized carbons (Fsp3) is 0.455. The first-order valence-electron chi connectivity index (χ1n) is 5.24. The fourth-order valence-corrected chi connectivity index (χ4v) is 1.99. The molecule has 1 fully saturated rings. The lowest BCUT2D eigenvalue weighted by molar-refractivity contribution is -0.133. The molecule has 1 aromatic rings. The van der Waals surface area contributed by atoms with Crippen LogP contribution in [0.3, 0.4) is 0 Å². The fourth-order valence-electron chi connectivity index (χ4n) is 1.59. The van der Waals surface area contributed by atoms with Crippen LogP contribution in [0.5, 0.6) is 0 Å². The molecule has 0 aromatic heterocycles. The van der Waals surface area contributed by atoms with E-state index in [9.17, 15) is 8.78 Å². The van der Waals surface area contributed by atoms with E-state index in [2.05, 4.69) is 21.2 Å². The highest BCUT2D eigenvalue weighted by molar-refractivity contribution is 9.10. The monoisotopic (exact) mass is 307 g/mol. The molecule has 1 N–H and O–H groups in total. The van der Waals surface area contributed by atoms with E-state index < -0.39 is 11.6 Å². The summed E-state index contributed by atoms with van der Waals surface area (Å²) in [6.45, 7) is 1.20. The summed E-state index contributed by atoms with van der Waals surface area (Å²) in [6, 6.07) is 2.44. The largest absolute Gasteiger partial charge is 0.378 e. The molecule has 0 saturated carbocycles. The van der Waals surface area contributed by atoms with Crippen LogP contribution in [0, 0.1) is 11.6 Å². The molecule has 1 aliphatic rings. The van der Waals surface area contributed by atoms with Crippen molar-refractivity contribution in [2.24, 2.45) is 0 Å². The third-order valence-corrected chi connectivity index (χ3v) is 2.94. The molecule has 1 aliphatic heterocycles. The van der Waals surface area contributed by atoms with E-state index in [-0.39, 0.29) is 18.6 Å². The zero-order chi connectivity index (χ0) is 12.3. The van der Waals surface area contributed by atoms with Gasteiger partial charge in [0.1, 0.15) is 24.1 Å².